The summed E-state index contributed by atoms with van der Waals surface area (Å²) in [5, 5.41) is 3.45. The van der Waals surface area contributed by atoms with Gasteiger partial charge in [-0.2, -0.15) is 0 Å². The van der Waals surface area contributed by atoms with Crippen molar-refractivity contribution in [3.63, 3.8) is 0 Å². The van der Waals surface area contributed by atoms with Crippen LogP contribution in [0.2, 0.25) is 5.02 Å². The number of anilines is 1. The van der Waals surface area contributed by atoms with Gasteiger partial charge in [0, 0.05) is 16.0 Å². The summed E-state index contributed by atoms with van der Waals surface area (Å²) in [6.45, 7) is -0.305. The van der Waals surface area contributed by atoms with E-state index in [1.165, 1.54) is 34.4 Å². The van der Waals surface area contributed by atoms with Crippen LogP contribution in [0, 0.1) is 5.82 Å². The molecule has 3 heterocycles. The molecular weight excluding hydrogens is 451 g/mol. The highest BCUT2D eigenvalue weighted by atomic mass is 35.5. The van der Waals surface area contributed by atoms with Crippen molar-refractivity contribution < 1.29 is 9.18 Å². The first-order valence-electron chi connectivity index (χ1n) is 9.58. The molecule has 5 rings (SSSR count). The average Bonchev–Trinajstić information content (AvgIpc) is 3.17. The largest absolute Gasteiger partial charge is 0.322 e. The van der Waals surface area contributed by atoms with E-state index in [9.17, 15) is 14.0 Å². The molecule has 1 amide bonds. The molecule has 0 unspecified atom stereocenters. The summed E-state index contributed by atoms with van der Waals surface area (Å²) >= 11 is 6.96. The normalized spacial score (nSPS) is 11.2. The molecule has 158 valence electrons. The Morgan fingerprint density at radius 2 is 1.94 bits per heavy atom. The van der Waals surface area contributed by atoms with Crippen LogP contribution in [0.15, 0.2) is 71.8 Å². The fourth-order valence-electron chi connectivity index (χ4n) is 3.37. The number of carbonyl (C=O) groups excluding carboxylic acids is 1. The number of halogens is 2. The Labute approximate surface area is 189 Å². The van der Waals surface area contributed by atoms with Gasteiger partial charge in [0.2, 0.25) is 5.91 Å². The number of hydrogen-bond acceptors (Lipinski definition) is 5. The van der Waals surface area contributed by atoms with Gasteiger partial charge in [-0.05, 0) is 30.3 Å². The lowest BCUT2D eigenvalue weighted by Crippen LogP contribution is -2.27. The molecule has 0 aliphatic carbocycles. The number of carbonyl (C=O) groups is 1. The number of hydrogen-bond donors (Lipinski definition) is 1. The molecule has 0 saturated heterocycles. The maximum atomic E-state index is 13.9. The van der Waals surface area contributed by atoms with Gasteiger partial charge in [-0.1, -0.05) is 41.9 Å². The lowest BCUT2D eigenvalue weighted by Gasteiger charge is -2.08. The van der Waals surface area contributed by atoms with Gasteiger partial charge in [-0.25, -0.2) is 14.4 Å². The molecule has 2 aromatic carbocycles. The minimum absolute atomic E-state index is 0.0130. The summed E-state index contributed by atoms with van der Waals surface area (Å²) in [4.78, 5) is 35.1. The first-order valence-corrected chi connectivity index (χ1v) is 10.8. The van der Waals surface area contributed by atoms with Gasteiger partial charge in [0.25, 0.3) is 5.56 Å². The number of amides is 1. The predicted octanol–water partition coefficient (Wildman–Crippen LogP) is 5.10. The van der Waals surface area contributed by atoms with Crippen molar-refractivity contribution in [2.24, 2.45) is 0 Å². The molecule has 0 aliphatic rings. The number of fused-ring (bicyclic) bond motifs is 3. The topological polar surface area (TPSA) is 76.9 Å². The zero-order valence-electron chi connectivity index (χ0n) is 16.4. The van der Waals surface area contributed by atoms with E-state index in [1.54, 1.807) is 0 Å². The first-order chi connectivity index (χ1) is 15.5. The molecule has 5 aromatic rings. The lowest BCUT2D eigenvalue weighted by molar-refractivity contribution is -0.116. The van der Waals surface area contributed by atoms with Crippen molar-refractivity contribution in [1.82, 2.24) is 14.5 Å². The Morgan fingerprint density at radius 1 is 1.12 bits per heavy atom. The Hall–Kier alpha value is -3.62. The summed E-state index contributed by atoms with van der Waals surface area (Å²) < 4.78 is 15.5. The standard InChI is InChI=1S/C23H14ClFN4O2S/c24-14-6-8-18(16(25)10-14)27-19(30)11-29-12-26-20-15-7-9-17(13-4-2-1-3-5-13)28-22(15)32-21(20)23(29)31/h1-10,12H,11H2,(H,27,30). The molecule has 0 bridgehead atoms. The van der Waals surface area contributed by atoms with E-state index in [1.807, 2.05) is 42.5 Å². The molecule has 6 nitrogen and oxygen atoms in total. The van der Waals surface area contributed by atoms with Crippen LogP contribution in [-0.4, -0.2) is 20.4 Å². The van der Waals surface area contributed by atoms with E-state index in [0.29, 0.717) is 15.0 Å². The van der Waals surface area contributed by atoms with Crippen molar-refractivity contribution in [1.29, 1.82) is 0 Å². The third kappa shape index (κ3) is 3.74. The molecule has 3 aromatic heterocycles. The maximum absolute atomic E-state index is 13.9. The maximum Gasteiger partial charge on any atom is 0.271 e. The van der Waals surface area contributed by atoms with E-state index in [-0.39, 0.29) is 22.8 Å². The highest BCUT2D eigenvalue weighted by molar-refractivity contribution is 7.25. The first kappa shape index (κ1) is 20.3. The SMILES string of the molecule is O=C(Cn1cnc2c(sc3nc(-c4ccccc4)ccc32)c1=O)Nc1ccc(Cl)cc1F. The fraction of sp³-hybridized carbons (Fsp3) is 0.0435. The van der Waals surface area contributed by atoms with E-state index in [4.69, 9.17) is 11.6 Å². The molecule has 0 saturated carbocycles. The molecule has 9 heteroatoms. The van der Waals surface area contributed by atoms with Crippen LogP contribution in [0.3, 0.4) is 0 Å². The monoisotopic (exact) mass is 464 g/mol. The molecule has 0 aliphatic heterocycles. The lowest BCUT2D eigenvalue weighted by atomic mass is 10.1. The minimum atomic E-state index is -0.656. The quantitative estimate of drug-likeness (QED) is 0.401. The summed E-state index contributed by atoms with van der Waals surface area (Å²) in [7, 11) is 0. The van der Waals surface area contributed by atoms with Crippen LogP contribution in [0.4, 0.5) is 10.1 Å². The molecule has 0 atom stereocenters. The van der Waals surface area contributed by atoms with Gasteiger partial charge in [-0.15, -0.1) is 11.3 Å². The second-order valence-electron chi connectivity index (χ2n) is 7.04. The van der Waals surface area contributed by atoms with Gasteiger partial charge in [0.15, 0.2) is 0 Å². The van der Waals surface area contributed by atoms with E-state index < -0.39 is 11.7 Å². The van der Waals surface area contributed by atoms with Crippen LogP contribution in [0.1, 0.15) is 0 Å². The number of pyridine rings is 1. The van der Waals surface area contributed by atoms with E-state index in [0.717, 1.165) is 22.7 Å². The predicted molar refractivity (Wildman–Crippen MR) is 125 cm³/mol. The molecule has 0 radical (unpaired) electrons. The van der Waals surface area contributed by atoms with Gasteiger partial charge in [-0.3, -0.25) is 14.2 Å². The Kier molecular flexibility index (Phi) is 5.16. The van der Waals surface area contributed by atoms with Crippen LogP contribution in [-0.2, 0) is 11.3 Å². The molecular formula is C23H14ClFN4O2S. The smallest absolute Gasteiger partial charge is 0.271 e. The average molecular weight is 465 g/mol. The second-order valence-corrected chi connectivity index (χ2v) is 8.48. The van der Waals surface area contributed by atoms with E-state index >= 15 is 0 Å². The van der Waals surface area contributed by atoms with Crippen LogP contribution in [0.25, 0.3) is 31.7 Å². The molecule has 32 heavy (non-hydrogen) atoms. The van der Waals surface area contributed by atoms with Crippen LogP contribution in [0.5, 0.6) is 0 Å². The number of nitrogens with zero attached hydrogens (tertiary/aromatic N) is 3. The van der Waals surface area contributed by atoms with Crippen LogP contribution < -0.4 is 10.9 Å². The van der Waals surface area contributed by atoms with Crippen molar-refractivity contribution in [2.45, 2.75) is 6.54 Å². The zero-order chi connectivity index (χ0) is 22.2. The minimum Gasteiger partial charge on any atom is -0.322 e. The van der Waals surface area contributed by atoms with Crippen molar-refractivity contribution in [2.75, 3.05) is 5.32 Å². The van der Waals surface area contributed by atoms with Gasteiger partial charge < -0.3 is 5.32 Å². The highest BCUT2D eigenvalue weighted by Gasteiger charge is 2.15. The van der Waals surface area contributed by atoms with Crippen molar-refractivity contribution >= 4 is 55.0 Å². The third-order valence-electron chi connectivity index (χ3n) is 4.90. The Bertz CT molecular complexity index is 1550. The zero-order valence-corrected chi connectivity index (χ0v) is 18.0. The van der Waals surface area contributed by atoms with Gasteiger partial charge >= 0.3 is 0 Å². The number of thiophene rings is 1. The number of nitrogens with one attached hydrogen (secondary N) is 1. The van der Waals surface area contributed by atoms with E-state index in [2.05, 4.69) is 15.3 Å². The number of benzene rings is 2. The fourth-order valence-corrected chi connectivity index (χ4v) is 4.60. The number of rotatable bonds is 4. The molecule has 1 N–H and O–H groups in total. The summed E-state index contributed by atoms with van der Waals surface area (Å²) in [5.74, 6) is -1.21. The highest BCUT2D eigenvalue weighted by Crippen LogP contribution is 2.31. The molecule has 0 fully saturated rings. The third-order valence-corrected chi connectivity index (χ3v) is 6.21. The summed E-state index contributed by atoms with van der Waals surface area (Å²) in [5.41, 5.74) is 1.95. The Morgan fingerprint density at radius 3 is 2.72 bits per heavy atom. The van der Waals surface area contributed by atoms with Gasteiger partial charge in [0.1, 0.15) is 21.9 Å². The van der Waals surface area contributed by atoms with Crippen LogP contribution >= 0.6 is 22.9 Å². The second kappa shape index (κ2) is 8.14. The summed E-state index contributed by atoms with van der Waals surface area (Å²) in [6, 6.07) is 17.5. The van der Waals surface area contributed by atoms with Gasteiger partial charge in [0.05, 0.1) is 23.2 Å². The Balaban J connectivity index is 1.47. The molecule has 0 spiro atoms. The van der Waals surface area contributed by atoms with Crippen molar-refractivity contribution in [3.8, 4) is 11.3 Å². The van der Waals surface area contributed by atoms with Crippen molar-refractivity contribution in [3.05, 3.63) is 88.2 Å². The summed E-state index contributed by atoms with van der Waals surface area (Å²) in [6.07, 6.45) is 1.32. The number of aromatic nitrogens is 3.